The molecule has 1 amide bonds. The maximum atomic E-state index is 13.1. The molecular weight excluding hydrogens is 449 g/mol. The summed E-state index contributed by atoms with van der Waals surface area (Å²) >= 11 is 0. The van der Waals surface area contributed by atoms with Crippen molar-refractivity contribution in [2.75, 3.05) is 5.32 Å². The van der Waals surface area contributed by atoms with Gasteiger partial charge in [-0.2, -0.15) is 13.2 Å². The van der Waals surface area contributed by atoms with Gasteiger partial charge in [0.05, 0.1) is 6.54 Å². The summed E-state index contributed by atoms with van der Waals surface area (Å²) in [6.07, 6.45) is -0.490. The summed E-state index contributed by atoms with van der Waals surface area (Å²) < 4.78 is 41.1. The second-order valence-electron chi connectivity index (χ2n) is 7.22. The number of pyridine rings is 1. The molecule has 9 nitrogen and oxygen atoms in total. The third kappa shape index (κ3) is 5.17. The number of benzene rings is 1. The summed E-state index contributed by atoms with van der Waals surface area (Å²) in [5, 5.41) is 14.0. The van der Waals surface area contributed by atoms with E-state index >= 15 is 0 Å². The van der Waals surface area contributed by atoms with Gasteiger partial charge in [0.2, 0.25) is 0 Å². The fourth-order valence-electron chi connectivity index (χ4n) is 3.23. The number of anilines is 1. The summed E-state index contributed by atoms with van der Waals surface area (Å²) in [5.41, 5.74) is 0.436. The van der Waals surface area contributed by atoms with Gasteiger partial charge in [-0.3, -0.25) is 9.78 Å². The SMILES string of the molecule is Cn1c(CNc2cccc(C(=O)NCc3cccnc3C(F)(F)F)c2)nnc1-c1ccncn1. The number of amides is 1. The van der Waals surface area contributed by atoms with E-state index in [-0.39, 0.29) is 12.1 Å². The van der Waals surface area contributed by atoms with Gasteiger partial charge in [0, 0.05) is 42.8 Å². The molecule has 2 N–H and O–H groups in total. The van der Waals surface area contributed by atoms with Crippen LogP contribution in [-0.4, -0.2) is 35.6 Å². The van der Waals surface area contributed by atoms with Crippen LogP contribution in [0.2, 0.25) is 0 Å². The smallest absolute Gasteiger partial charge is 0.378 e. The Bertz CT molecular complexity index is 1290. The van der Waals surface area contributed by atoms with Gasteiger partial charge in [0.25, 0.3) is 5.91 Å². The van der Waals surface area contributed by atoms with Gasteiger partial charge in [-0.05, 0) is 30.3 Å². The third-order valence-electron chi connectivity index (χ3n) is 4.95. The zero-order valence-corrected chi connectivity index (χ0v) is 17.9. The molecule has 1 aromatic carbocycles. The van der Waals surface area contributed by atoms with Gasteiger partial charge >= 0.3 is 6.18 Å². The number of hydrogen-bond donors (Lipinski definition) is 2. The highest BCUT2D eigenvalue weighted by Crippen LogP contribution is 2.30. The number of nitrogens with zero attached hydrogens (tertiary/aromatic N) is 6. The topological polar surface area (TPSA) is 111 Å². The van der Waals surface area contributed by atoms with Crippen molar-refractivity contribution in [3.8, 4) is 11.5 Å². The number of alkyl halides is 3. The summed E-state index contributed by atoms with van der Waals surface area (Å²) in [6.45, 7) is 0.0220. The van der Waals surface area contributed by atoms with Crippen LogP contribution in [0.15, 0.2) is 61.2 Å². The van der Waals surface area contributed by atoms with Gasteiger partial charge in [0.15, 0.2) is 11.6 Å². The van der Waals surface area contributed by atoms with Crippen LogP contribution >= 0.6 is 0 Å². The Kier molecular flexibility index (Phi) is 6.48. The van der Waals surface area contributed by atoms with Crippen LogP contribution in [0, 0.1) is 0 Å². The van der Waals surface area contributed by atoms with E-state index in [0.717, 1.165) is 6.20 Å². The first-order chi connectivity index (χ1) is 16.3. The lowest BCUT2D eigenvalue weighted by atomic mass is 10.1. The van der Waals surface area contributed by atoms with Crippen molar-refractivity contribution < 1.29 is 18.0 Å². The Morgan fingerprint density at radius 3 is 2.65 bits per heavy atom. The van der Waals surface area contributed by atoms with Gasteiger partial charge < -0.3 is 15.2 Å². The number of nitrogens with one attached hydrogen (secondary N) is 2. The molecule has 4 aromatic rings. The fraction of sp³-hybridized carbons (Fsp3) is 0.182. The Balaban J connectivity index is 1.40. The molecule has 3 aromatic heterocycles. The fourth-order valence-corrected chi connectivity index (χ4v) is 3.23. The molecule has 0 saturated carbocycles. The second kappa shape index (κ2) is 9.65. The van der Waals surface area contributed by atoms with Crippen molar-refractivity contribution in [1.29, 1.82) is 0 Å². The van der Waals surface area contributed by atoms with Crippen LogP contribution in [0.25, 0.3) is 11.5 Å². The quantitative estimate of drug-likeness (QED) is 0.428. The Labute approximate surface area is 192 Å². The maximum Gasteiger partial charge on any atom is 0.433 e. The maximum absolute atomic E-state index is 13.1. The number of hydrogen-bond acceptors (Lipinski definition) is 7. The van der Waals surface area contributed by atoms with Crippen LogP contribution < -0.4 is 10.6 Å². The van der Waals surface area contributed by atoms with Crippen molar-refractivity contribution in [1.82, 2.24) is 35.0 Å². The molecule has 0 spiro atoms. The molecule has 0 radical (unpaired) electrons. The molecule has 12 heteroatoms. The monoisotopic (exact) mass is 468 g/mol. The van der Waals surface area contributed by atoms with E-state index in [1.807, 2.05) is 7.05 Å². The summed E-state index contributed by atoms with van der Waals surface area (Å²) in [6, 6.07) is 11.0. The lowest BCUT2D eigenvalue weighted by Gasteiger charge is -2.12. The van der Waals surface area contributed by atoms with E-state index in [9.17, 15) is 18.0 Å². The Morgan fingerprint density at radius 2 is 1.88 bits per heavy atom. The lowest BCUT2D eigenvalue weighted by Crippen LogP contribution is -2.25. The summed E-state index contributed by atoms with van der Waals surface area (Å²) in [7, 11) is 1.81. The number of carbonyl (C=O) groups excluding carboxylic acids is 1. The Hall–Kier alpha value is -4.35. The summed E-state index contributed by atoms with van der Waals surface area (Å²) in [5.74, 6) is 0.714. The van der Waals surface area contributed by atoms with Gasteiger partial charge in [-0.25, -0.2) is 9.97 Å². The van der Waals surface area contributed by atoms with E-state index in [1.165, 1.54) is 18.5 Å². The van der Waals surface area contributed by atoms with E-state index < -0.39 is 17.8 Å². The molecular formula is C22H19F3N8O. The summed E-state index contributed by atoms with van der Waals surface area (Å²) in [4.78, 5) is 24.0. The van der Waals surface area contributed by atoms with Crippen LogP contribution in [0.1, 0.15) is 27.4 Å². The minimum atomic E-state index is -4.60. The van der Waals surface area contributed by atoms with Crippen molar-refractivity contribution >= 4 is 11.6 Å². The minimum Gasteiger partial charge on any atom is -0.378 e. The van der Waals surface area contributed by atoms with Crippen LogP contribution in [0.5, 0.6) is 0 Å². The van der Waals surface area contributed by atoms with Gasteiger partial charge in [0.1, 0.15) is 17.7 Å². The van der Waals surface area contributed by atoms with Crippen molar-refractivity contribution in [2.45, 2.75) is 19.3 Å². The highest BCUT2D eigenvalue weighted by Gasteiger charge is 2.34. The molecule has 0 fully saturated rings. The molecule has 0 saturated heterocycles. The highest BCUT2D eigenvalue weighted by atomic mass is 19.4. The van der Waals surface area contributed by atoms with Crippen LogP contribution in [-0.2, 0) is 26.3 Å². The first-order valence-electron chi connectivity index (χ1n) is 10.1. The first kappa shape index (κ1) is 22.8. The third-order valence-corrected chi connectivity index (χ3v) is 4.95. The van der Waals surface area contributed by atoms with Gasteiger partial charge in [-0.15, -0.1) is 10.2 Å². The average Bonchev–Trinajstić information content (AvgIpc) is 3.21. The molecule has 174 valence electrons. The van der Waals surface area contributed by atoms with Crippen molar-refractivity contribution in [2.24, 2.45) is 7.05 Å². The zero-order chi connectivity index (χ0) is 24.1. The predicted molar refractivity (Wildman–Crippen MR) is 116 cm³/mol. The molecule has 0 aliphatic carbocycles. The number of halogens is 3. The highest BCUT2D eigenvalue weighted by molar-refractivity contribution is 5.95. The number of aromatic nitrogens is 6. The predicted octanol–water partition coefficient (Wildman–Crippen LogP) is 3.23. The molecule has 0 aliphatic rings. The van der Waals surface area contributed by atoms with E-state index in [0.29, 0.717) is 35.1 Å². The van der Waals surface area contributed by atoms with E-state index in [2.05, 4.69) is 35.8 Å². The average molecular weight is 468 g/mol. The first-order valence-corrected chi connectivity index (χ1v) is 10.1. The number of rotatable bonds is 7. The normalized spacial score (nSPS) is 11.3. The molecule has 0 unspecified atom stereocenters. The molecule has 34 heavy (non-hydrogen) atoms. The van der Waals surface area contributed by atoms with E-state index in [4.69, 9.17) is 0 Å². The molecule has 3 heterocycles. The van der Waals surface area contributed by atoms with Crippen molar-refractivity contribution in [3.05, 3.63) is 83.8 Å². The van der Waals surface area contributed by atoms with Crippen LogP contribution in [0.4, 0.5) is 18.9 Å². The lowest BCUT2D eigenvalue weighted by molar-refractivity contribution is -0.141. The molecule has 4 rings (SSSR count). The second-order valence-corrected chi connectivity index (χ2v) is 7.22. The molecule has 0 atom stereocenters. The minimum absolute atomic E-state index is 0.112. The van der Waals surface area contributed by atoms with Crippen LogP contribution in [0.3, 0.4) is 0 Å². The zero-order valence-electron chi connectivity index (χ0n) is 17.9. The standard InChI is InChI=1S/C22H19F3N8O/c1-33-18(31-32-20(33)17-7-9-26-13-30-17)12-28-16-6-2-4-14(10-16)21(34)29-11-15-5-3-8-27-19(15)22(23,24)25/h2-10,13,28H,11-12H2,1H3,(H,29,34). The van der Waals surface area contributed by atoms with Gasteiger partial charge in [-0.1, -0.05) is 12.1 Å². The number of carbonyl (C=O) groups is 1. The Morgan fingerprint density at radius 1 is 1.03 bits per heavy atom. The van der Waals surface area contributed by atoms with E-state index in [1.54, 1.807) is 41.1 Å². The molecule has 0 aliphatic heterocycles. The largest absolute Gasteiger partial charge is 0.433 e. The molecule has 0 bridgehead atoms. The van der Waals surface area contributed by atoms with Crippen molar-refractivity contribution in [3.63, 3.8) is 0 Å².